The number of carbonyl (C=O) groups is 2. The van der Waals surface area contributed by atoms with Crippen LogP contribution in [0.15, 0.2) is 0 Å². The molecule has 1 aliphatic rings. The van der Waals surface area contributed by atoms with E-state index in [2.05, 4.69) is 0 Å². The lowest BCUT2D eigenvalue weighted by Gasteiger charge is -2.35. The number of hydrogen-bond acceptors (Lipinski definition) is 3. The zero-order chi connectivity index (χ0) is 10.1. The molecule has 1 atom stereocenters. The van der Waals surface area contributed by atoms with Crippen molar-refractivity contribution in [3.05, 3.63) is 0 Å². The molecule has 0 aliphatic carbocycles. The number of amides is 1. The van der Waals surface area contributed by atoms with Crippen molar-refractivity contribution in [3.8, 4) is 0 Å². The number of piperidine rings is 1. The van der Waals surface area contributed by atoms with Crippen molar-refractivity contribution in [2.45, 2.75) is 25.4 Å². The van der Waals surface area contributed by atoms with Crippen LogP contribution in [0, 0.1) is 0 Å². The second-order valence-corrected chi connectivity index (χ2v) is 3.38. The number of rotatable bonds is 1. The number of carboxylic acids is 1. The number of aliphatic hydroxyl groups is 1. The maximum atomic E-state index is 10.9. The largest absolute Gasteiger partial charge is 0.479 e. The molecule has 0 aromatic carbocycles. The van der Waals surface area contributed by atoms with Crippen molar-refractivity contribution in [1.29, 1.82) is 0 Å². The number of likely N-dealkylation sites (tertiary alicyclic amines) is 1. The molecule has 74 valence electrons. The summed E-state index contributed by atoms with van der Waals surface area (Å²) in [5.41, 5.74) is -1.75. The summed E-state index contributed by atoms with van der Waals surface area (Å²) in [5.74, 6) is -1.45. The minimum Gasteiger partial charge on any atom is -0.479 e. The first-order chi connectivity index (χ1) is 5.96. The Labute approximate surface area is 76.0 Å². The van der Waals surface area contributed by atoms with Gasteiger partial charge < -0.3 is 15.1 Å². The zero-order valence-corrected chi connectivity index (χ0v) is 7.49. The zero-order valence-electron chi connectivity index (χ0n) is 7.49. The summed E-state index contributed by atoms with van der Waals surface area (Å²) in [7, 11) is 0. The highest BCUT2D eigenvalue weighted by molar-refractivity contribution is 5.80. The van der Waals surface area contributed by atoms with Gasteiger partial charge in [-0.05, 0) is 12.8 Å². The molecule has 0 spiro atoms. The van der Waals surface area contributed by atoms with E-state index in [0.29, 0.717) is 13.0 Å². The van der Waals surface area contributed by atoms with Gasteiger partial charge in [0, 0.05) is 13.5 Å². The predicted octanol–water partition coefficient (Wildman–Crippen LogP) is -0.556. The second-order valence-electron chi connectivity index (χ2n) is 3.38. The van der Waals surface area contributed by atoms with Crippen LogP contribution in [0.1, 0.15) is 19.8 Å². The molecule has 1 saturated heterocycles. The monoisotopic (exact) mass is 187 g/mol. The van der Waals surface area contributed by atoms with Crippen molar-refractivity contribution in [3.63, 3.8) is 0 Å². The highest BCUT2D eigenvalue weighted by Gasteiger charge is 2.40. The van der Waals surface area contributed by atoms with E-state index in [1.54, 1.807) is 0 Å². The highest BCUT2D eigenvalue weighted by atomic mass is 16.4. The summed E-state index contributed by atoms with van der Waals surface area (Å²) in [4.78, 5) is 22.9. The number of carboxylic acid groups (broad SMARTS) is 1. The van der Waals surface area contributed by atoms with Crippen LogP contribution in [-0.2, 0) is 9.59 Å². The van der Waals surface area contributed by atoms with E-state index in [0.717, 1.165) is 0 Å². The Morgan fingerprint density at radius 2 is 2.08 bits per heavy atom. The summed E-state index contributed by atoms with van der Waals surface area (Å²) in [6.45, 7) is 1.80. The normalized spacial score (nSPS) is 28.6. The van der Waals surface area contributed by atoms with E-state index in [1.165, 1.54) is 11.8 Å². The van der Waals surface area contributed by atoms with Crippen molar-refractivity contribution in [2.24, 2.45) is 0 Å². The third-order valence-corrected chi connectivity index (χ3v) is 2.31. The smallest absolute Gasteiger partial charge is 0.337 e. The number of nitrogens with zero attached hydrogens (tertiary/aromatic N) is 1. The third kappa shape index (κ3) is 1.98. The molecule has 0 aromatic rings. The lowest BCUT2D eigenvalue weighted by molar-refractivity contribution is -0.166. The highest BCUT2D eigenvalue weighted by Crippen LogP contribution is 2.21. The Bertz CT molecular complexity index is 240. The number of β-amino-alcohol motifs (C(OH)–C–C–N with tert-alkyl or cyclic N) is 1. The van der Waals surface area contributed by atoms with Crippen LogP contribution in [0.3, 0.4) is 0 Å². The Hall–Kier alpha value is -1.10. The third-order valence-electron chi connectivity index (χ3n) is 2.31. The molecule has 1 amide bonds. The molecular formula is C8H13NO4. The van der Waals surface area contributed by atoms with Gasteiger partial charge in [0.25, 0.3) is 0 Å². The average Bonchev–Trinajstić information content (AvgIpc) is 2.04. The van der Waals surface area contributed by atoms with E-state index in [1.807, 2.05) is 0 Å². The summed E-state index contributed by atoms with van der Waals surface area (Å²) >= 11 is 0. The summed E-state index contributed by atoms with van der Waals surface area (Å²) in [6.07, 6.45) is 0.745. The minimum absolute atomic E-state index is 0.0995. The van der Waals surface area contributed by atoms with Gasteiger partial charge in [-0.3, -0.25) is 4.79 Å². The van der Waals surface area contributed by atoms with E-state index in [4.69, 9.17) is 5.11 Å². The van der Waals surface area contributed by atoms with Crippen LogP contribution in [0.2, 0.25) is 0 Å². The molecule has 5 heteroatoms. The van der Waals surface area contributed by atoms with Crippen molar-refractivity contribution in [2.75, 3.05) is 13.1 Å². The molecule has 0 bridgehead atoms. The van der Waals surface area contributed by atoms with Gasteiger partial charge in [-0.1, -0.05) is 0 Å². The van der Waals surface area contributed by atoms with Gasteiger partial charge in [-0.2, -0.15) is 0 Å². The average molecular weight is 187 g/mol. The van der Waals surface area contributed by atoms with E-state index in [-0.39, 0.29) is 18.9 Å². The Kier molecular flexibility index (Phi) is 2.56. The maximum absolute atomic E-state index is 10.9. The standard InChI is InChI=1S/C8H13NO4/c1-6(10)9-4-2-3-8(13,5-9)7(11)12/h13H,2-5H2,1H3,(H,11,12). The fourth-order valence-electron chi connectivity index (χ4n) is 1.48. The predicted molar refractivity (Wildman–Crippen MR) is 44.1 cm³/mol. The van der Waals surface area contributed by atoms with Crippen LogP contribution >= 0.6 is 0 Å². The first-order valence-electron chi connectivity index (χ1n) is 4.17. The van der Waals surface area contributed by atoms with Gasteiger partial charge in [0.05, 0.1) is 6.54 Å². The van der Waals surface area contributed by atoms with Crippen LogP contribution < -0.4 is 0 Å². The van der Waals surface area contributed by atoms with Gasteiger partial charge in [0.1, 0.15) is 0 Å². The first-order valence-corrected chi connectivity index (χ1v) is 4.17. The number of hydrogen-bond donors (Lipinski definition) is 2. The van der Waals surface area contributed by atoms with Crippen LogP contribution in [0.4, 0.5) is 0 Å². The Morgan fingerprint density at radius 3 is 2.54 bits per heavy atom. The molecule has 1 unspecified atom stereocenters. The fraction of sp³-hybridized carbons (Fsp3) is 0.750. The van der Waals surface area contributed by atoms with Crippen LogP contribution in [-0.4, -0.2) is 45.7 Å². The van der Waals surface area contributed by atoms with Crippen molar-refractivity contribution >= 4 is 11.9 Å². The topological polar surface area (TPSA) is 77.8 Å². The Balaban J connectivity index is 2.71. The maximum Gasteiger partial charge on any atom is 0.337 e. The molecule has 1 heterocycles. The Morgan fingerprint density at radius 1 is 1.46 bits per heavy atom. The second kappa shape index (κ2) is 3.33. The molecule has 2 N–H and O–H groups in total. The molecular weight excluding hydrogens is 174 g/mol. The minimum atomic E-state index is -1.75. The summed E-state index contributed by atoms with van der Waals surface area (Å²) < 4.78 is 0. The molecule has 5 nitrogen and oxygen atoms in total. The fourth-order valence-corrected chi connectivity index (χ4v) is 1.48. The van der Waals surface area contributed by atoms with Crippen LogP contribution in [0.25, 0.3) is 0 Å². The molecule has 1 fully saturated rings. The van der Waals surface area contributed by atoms with Gasteiger partial charge in [0.2, 0.25) is 5.91 Å². The molecule has 0 radical (unpaired) electrons. The molecule has 13 heavy (non-hydrogen) atoms. The SMILES string of the molecule is CC(=O)N1CCCC(O)(C(=O)O)C1. The quantitative estimate of drug-likeness (QED) is 0.577. The number of carbonyl (C=O) groups excluding carboxylic acids is 1. The van der Waals surface area contributed by atoms with Gasteiger partial charge >= 0.3 is 5.97 Å². The van der Waals surface area contributed by atoms with Gasteiger partial charge in [-0.15, -0.1) is 0 Å². The molecule has 0 saturated carbocycles. The van der Waals surface area contributed by atoms with E-state index >= 15 is 0 Å². The summed E-state index contributed by atoms with van der Waals surface area (Å²) in [6, 6.07) is 0. The van der Waals surface area contributed by atoms with Gasteiger partial charge in [-0.25, -0.2) is 4.79 Å². The first kappa shape index (κ1) is 9.98. The lowest BCUT2D eigenvalue weighted by Crippen LogP contribution is -2.54. The lowest BCUT2D eigenvalue weighted by atomic mass is 9.93. The van der Waals surface area contributed by atoms with E-state index < -0.39 is 11.6 Å². The van der Waals surface area contributed by atoms with Crippen LogP contribution in [0.5, 0.6) is 0 Å². The van der Waals surface area contributed by atoms with Crippen molar-refractivity contribution in [1.82, 2.24) is 4.90 Å². The molecule has 1 rings (SSSR count). The van der Waals surface area contributed by atoms with Crippen molar-refractivity contribution < 1.29 is 19.8 Å². The summed E-state index contributed by atoms with van der Waals surface area (Å²) in [5, 5.41) is 18.3. The van der Waals surface area contributed by atoms with Gasteiger partial charge in [0.15, 0.2) is 5.60 Å². The van der Waals surface area contributed by atoms with E-state index in [9.17, 15) is 14.7 Å². The molecule has 1 aliphatic heterocycles. The number of aliphatic carboxylic acids is 1. The molecule has 0 aromatic heterocycles.